The Bertz CT molecular complexity index is 972. The van der Waals surface area contributed by atoms with Crippen LogP contribution in [0.3, 0.4) is 0 Å². The molecule has 6 nitrogen and oxygen atoms in total. The molecule has 2 aromatic rings. The highest BCUT2D eigenvalue weighted by Crippen LogP contribution is 2.58. The smallest absolute Gasteiger partial charge is 0.274 e. The van der Waals surface area contributed by atoms with E-state index in [1.165, 1.54) is 19.2 Å². The molecule has 0 amide bonds. The van der Waals surface area contributed by atoms with Crippen LogP contribution in [0, 0.1) is 10.1 Å². The first-order valence-electron chi connectivity index (χ1n) is 8.69. The fraction of sp³-hybridized carbons (Fsp3) is 0.300. The summed E-state index contributed by atoms with van der Waals surface area (Å²) in [5.41, 5.74) is 2.74. The van der Waals surface area contributed by atoms with Crippen LogP contribution in [0.4, 0.5) is 11.4 Å². The summed E-state index contributed by atoms with van der Waals surface area (Å²) in [6.07, 6.45) is 1.96. The number of methoxy groups -OCH3 is 1. The van der Waals surface area contributed by atoms with Gasteiger partial charge in [-0.1, -0.05) is 12.1 Å². The van der Waals surface area contributed by atoms with Crippen molar-refractivity contribution in [2.24, 2.45) is 0 Å². The van der Waals surface area contributed by atoms with Crippen LogP contribution in [0.25, 0.3) is 6.08 Å². The zero-order valence-corrected chi connectivity index (χ0v) is 16.4. The third-order valence-corrected chi connectivity index (χ3v) is 6.26. The maximum atomic E-state index is 11.3. The highest BCUT2D eigenvalue weighted by Gasteiger charge is 2.52. The van der Waals surface area contributed by atoms with Crippen LogP contribution in [0.2, 0.25) is 0 Å². The summed E-state index contributed by atoms with van der Waals surface area (Å²) in [6.45, 7) is 6.26. The predicted octanol–water partition coefficient (Wildman–Crippen LogP) is 5.07. The van der Waals surface area contributed by atoms with E-state index in [1.807, 2.05) is 25.1 Å². The van der Waals surface area contributed by atoms with E-state index in [0.29, 0.717) is 17.1 Å². The van der Waals surface area contributed by atoms with E-state index in [0.717, 1.165) is 16.2 Å². The van der Waals surface area contributed by atoms with Gasteiger partial charge in [-0.05, 0) is 50.7 Å². The first kappa shape index (κ1) is 17.7. The van der Waals surface area contributed by atoms with Crippen molar-refractivity contribution >= 4 is 29.2 Å². The maximum Gasteiger partial charge on any atom is 0.274 e. The molecule has 0 N–H and O–H groups in total. The molecule has 2 aromatic carbocycles. The largest absolute Gasteiger partial charge is 0.493 e. The minimum atomic E-state index is -0.742. The van der Waals surface area contributed by atoms with E-state index in [2.05, 4.69) is 30.9 Å². The number of non-ortho nitro benzene ring substituents is 1. The number of anilines is 1. The zero-order chi connectivity index (χ0) is 19.3. The van der Waals surface area contributed by atoms with Gasteiger partial charge in [0.05, 0.1) is 23.8 Å². The minimum absolute atomic E-state index is 0.0164. The van der Waals surface area contributed by atoms with Crippen LogP contribution in [0.5, 0.6) is 11.5 Å². The predicted molar refractivity (Wildman–Crippen MR) is 107 cm³/mol. The Morgan fingerprint density at radius 2 is 2.04 bits per heavy atom. The molecule has 0 fully saturated rings. The lowest BCUT2D eigenvalue weighted by atomic mass is 10.0. The molecule has 4 rings (SSSR count). The third kappa shape index (κ3) is 2.56. The standard InChI is InChI=1S/C20H20N2O4S/c1-12(2)21-16-7-5-6-8-18(16)27-20(21)13(3)9-14-10-15(22(23)24)11-17(25-4)19(14)26-20/h5-12H,1-4H3. The summed E-state index contributed by atoms with van der Waals surface area (Å²) in [7, 11) is 1.50. The highest BCUT2D eigenvalue weighted by atomic mass is 32.2. The molecular formula is C20H20N2O4S. The Kier molecular flexibility index (Phi) is 4.07. The van der Waals surface area contributed by atoms with Crippen molar-refractivity contribution in [3.8, 4) is 11.5 Å². The average Bonchev–Trinajstić information content (AvgIpc) is 2.96. The molecule has 2 heterocycles. The van der Waals surface area contributed by atoms with Gasteiger partial charge in [0.2, 0.25) is 0 Å². The molecule has 2 aliphatic heterocycles. The van der Waals surface area contributed by atoms with Gasteiger partial charge in [0.1, 0.15) is 0 Å². The topological polar surface area (TPSA) is 64.8 Å². The molecule has 1 spiro atoms. The Balaban J connectivity index is 1.90. The van der Waals surface area contributed by atoms with E-state index in [-0.39, 0.29) is 11.7 Å². The number of fused-ring (bicyclic) bond motifs is 2. The van der Waals surface area contributed by atoms with Gasteiger partial charge in [-0.2, -0.15) is 0 Å². The fourth-order valence-corrected chi connectivity index (χ4v) is 5.15. The number of rotatable bonds is 3. The summed E-state index contributed by atoms with van der Waals surface area (Å²) in [6, 6.07) is 11.3. The molecule has 0 aromatic heterocycles. The second-order valence-electron chi connectivity index (χ2n) is 6.87. The number of nitro benzene ring substituents is 1. The molecule has 0 saturated heterocycles. The number of nitro groups is 1. The summed E-state index contributed by atoms with van der Waals surface area (Å²) in [5, 5.41) is 10.5. The van der Waals surface area contributed by atoms with E-state index in [1.54, 1.807) is 11.8 Å². The van der Waals surface area contributed by atoms with E-state index >= 15 is 0 Å². The van der Waals surface area contributed by atoms with Crippen LogP contribution in [0.15, 0.2) is 46.9 Å². The zero-order valence-electron chi connectivity index (χ0n) is 15.6. The summed E-state index contributed by atoms with van der Waals surface area (Å²) in [5.74, 6) is 0.891. The van der Waals surface area contributed by atoms with Crippen molar-refractivity contribution in [1.82, 2.24) is 0 Å². The Hall–Kier alpha value is -2.67. The van der Waals surface area contributed by atoms with Crippen LogP contribution in [0.1, 0.15) is 26.3 Å². The molecule has 1 unspecified atom stereocenters. The SMILES string of the molecule is COc1cc([N+](=O)[O-])cc2c1OC1(Sc3ccccc3N1C(C)C)C(C)=C2. The Morgan fingerprint density at radius 3 is 2.70 bits per heavy atom. The fourth-order valence-electron chi connectivity index (χ4n) is 3.68. The van der Waals surface area contributed by atoms with E-state index in [9.17, 15) is 10.1 Å². The first-order chi connectivity index (χ1) is 12.9. The average molecular weight is 384 g/mol. The molecule has 140 valence electrons. The summed E-state index contributed by atoms with van der Waals surface area (Å²) < 4.78 is 12.0. The van der Waals surface area contributed by atoms with E-state index < -0.39 is 9.98 Å². The second-order valence-corrected chi connectivity index (χ2v) is 8.07. The molecule has 7 heteroatoms. The lowest BCUT2D eigenvalue weighted by Gasteiger charge is -2.44. The van der Waals surface area contributed by atoms with Gasteiger partial charge in [0, 0.05) is 28.1 Å². The Labute approximate surface area is 161 Å². The number of hydrogen-bond acceptors (Lipinski definition) is 6. The summed E-state index contributed by atoms with van der Waals surface area (Å²) in [4.78, 5) is 14.2. The van der Waals surface area contributed by atoms with Crippen LogP contribution < -0.4 is 14.4 Å². The van der Waals surface area contributed by atoms with Crippen molar-refractivity contribution in [2.45, 2.75) is 36.8 Å². The van der Waals surface area contributed by atoms with Gasteiger partial charge in [-0.25, -0.2) is 0 Å². The number of nitrogens with zero attached hydrogens (tertiary/aromatic N) is 2. The van der Waals surface area contributed by atoms with Gasteiger partial charge in [-0.3, -0.25) is 10.1 Å². The van der Waals surface area contributed by atoms with Gasteiger partial charge in [0.15, 0.2) is 11.5 Å². The maximum absolute atomic E-state index is 11.3. The van der Waals surface area contributed by atoms with Crippen molar-refractivity contribution in [2.75, 3.05) is 12.0 Å². The van der Waals surface area contributed by atoms with Gasteiger partial charge < -0.3 is 14.4 Å². The third-order valence-electron chi connectivity index (χ3n) is 4.82. The second kappa shape index (κ2) is 6.20. The normalized spacial score (nSPS) is 20.2. The molecule has 0 bridgehead atoms. The monoisotopic (exact) mass is 384 g/mol. The molecular weight excluding hydrogens is 364 g/mol. The molecule has 2 aliphatic rings. The number of para-hydroxylation sites is 1. The van der Waals surface area contributed by atoms with Crippen molar-refractivity contribution in [1.29, 1.82) is 0 Å². The van der Waals surface area contributed by atoms with Crippen molar-refractivity contribution in [3.63, 3.8) is 0 Å². The van der Waals surface area contributed by atoms with Crippen molar-refractivity contribution in [3.05, 3.63) is 57.6 Å². The first-order valence-corrected chi connectivity index (χ1v) is 9.50. The van der Waals surface area contributed by atoms with Crippen LogP contribution in [-0.4, -0.2) is 23.1 Å². The highest BCUT2D eigenvalue weighted by molar-refractivity contribution is 8.01. The minimum Gasteiger partial charge on any atom is -0.493 e. The van der Waals surface area contributed by atoms with Crippen molar-refractivity contribution < 1.29 is 14.4 Å². The van der Waals surface area contributed by atoms with Gasteiger partial charge >= 0.3 is 0 Å². The molecule has 0 saturated carbocycles. The van der Waals surface area contributed by atoms with Crippen LogP contribution >= 0.6 is 11.8 Å². The molecule has 27 heavy (non-hydrogen) atoms. The summed E-state index contributed by atoms with van der Waals surface area (Å²) >= 11 is 1.64. The van der Waals surface area contributed by atoms with Crippen LogP contribution in [-0.2, 0) is 0 Å². The number of benzene rings is 2. The number of thioether (sulfide) groups is 1. The molecule has 1 atom stereocenters. The van der Waals surface area contributed by atoms with E-state index in [4.69, 9.17) is 9.47 Å². The van der Waals surface area contributed by atoms with Gasteiger partial charge in [-0.15, -0.1) is 0 Å². The van der Waals surface area contributed by atoms with Gasteiger partial charge in [0.25, 0.3) is 10.7 Å². The molecule has 0 radical (unpaired) electrons. The quantitative estimate of drug-likeness (QED) is 0.543. The lowest BCUT2D eigenvalue weighted by molar-refractivity contribution is -0.385. The Morgan fingerprint density at radius 1 is 1.30 bits per heavy atom. The lowest BCUT2D eigenvalue weighted by Crippen LogP contribution is -2.53. The number of ether oxygens (including phenoxy) is 2. The molecule has 0 aliphatic carbocycles. The number of hydrogen-bond donors (Lipinski definition) is 0.